The molecule has 2 heterocycles. The molecular formula is C25H37N3O3. The summed E-state index contributed by atoms with van der Waals surface area (Å²) in [5.41, 5.74) is 1.01. The van der Waals surface area contributed by atoms with Gasteiger partial charge in [0.25, 0.3) is 0 Å². The van der Waals surface area contributed by atoms with Gasteiger partial charge in [-0.2, -0.15) is 0 Å². The van der Waals surface area contributed by atoms with Crippen LogP contribution >= 0.6 is 0 Å². The lowest BCUT2D eigenvalue weighted by Crippen LogP contribution is -2.46. The molecule has 1 aromatic heterocycles. The van der Waals surface area contributed by atoms with E-state index >= 15 is 0 Å². The lowest BCUT2D eigenvalue weighted by atomic mass is 9.94. The molecule has 0 radical (unpaired) electrons. The lowest BCUT2D eigenvalue weighted by molar-refractivity contribution is -0.141. The fourth-order valence-corrected chi connectivity index (χ4v) is 5.60. The summed E-state index contributed by atoms with van der Waals surface area (Å²) in [4.78, 5) is 34.8. The van der Waals surface area contributed by atoms with E-state index in [1.54, 1.807) is 11.1 Å². The summed E-state index contributed by atoms with van der Waals surface area (Å²) in [6, 6.07) is 6.07. The van der Waals surface area contributed by atoms with Crippen LogP contribution in [0.5, 0.6) is 0 Å². The van der Waals surface area contributed by atoms with E-state index in [1.165, 1.54) is 19.3 Å². The van der Waals surface area contributed by atoms with E-state index in [1.807, 2.05) is 23.1 Å². The third-order valence-corrected chi connectivity index (χ3v) is 7.89. The lowest BCUT2D eigenvalue weighted by Gasteiger charge is -2.34. The Bertz CT molecular complexity index is 759. The molecule has 1 aliphatic heterocycles. The monoisotopic (exact) mass is 427 g/mol. The van der Waals surface area contributed by atoms with Crippen LogP contribution in [0.25, 0.3) is 0 Å². The number of carbonyl (C=O) groups is 2. The van der Waals surface area contributed by atoms with E-state index in [4.69, 9.17) is 4.74 Å². The second kappa shape index (κ2) is 9.68. The molecule has 170 valence electrons. The van der Waals surface area contributed by atoms with Gasteiger partial charge in [-0.1, -0.05) is 39.2 Å². The Morgan fingerprint density at radius 3 is 2.58 bits per heavy atom. The van der Waals surface area contributed by atoms with Gasteiger partial charge in [-0.25, -0.2) is 0 Å². The van der Waals surface area contributed by atoms with Gasteiger partial charge in [-0.3, -0.25) is 14.6 Å². The van der Waals surface area contributed by atoms with E-state index in [-0.39, 0.29) is 41.8 Å². The van der Waals surface area contributed by atoms with Crippen molar-refractivity contribution < 1.29 is 14.3 Å². The Morgan fingerprint density at radius 1 is 1.16 bits per heavy atom. The molecule has 0 bridgehead atoms. The van der Waals surface area contributed by atoms with Crippen LogP contribution in [-0.4, -0.2) is 58.4 Å². The summed E-state index contributed by atoms with van der Waals surface area (Å²) < 4.78 is 6.25. The average molecular weight is 428 g/mol. The van der Waals surface area contributed by atoms with Crippen LogP contribution in [0, 0.1) is 11.3 Å². The molecule has 2 atom stereocenters. The van der Waals surface area contributed by atoms with Crippen molar-refractivity contribution in [2.24, 2.45) is 11.3 Å². The maximum atomic E-state index is 13.4. The topological polar surface area (TPSA) is 62.7 Å². The number of ether oxygens (including phenoxy) is 1. The largest absolute Gasteiger partial charge is 0.368 e. The van der Waals surface area contributed by atoms with Crippen molar-refractivity contribution in [3.63, 3.8) is 0 Å². The van der Waals surface area contributed by atoms with Crippen molar-refractivity contribution in [2.45, 2.75) is 84.0 Å². The van der Waals surface area contributed by atoms with E-state index < -0.39 is 0 Å². The number of amides is 2. The number of carbonyl (C=O) groups excluding carboxylic acids is 2. The van der Waals surface area contributed by atoms with Gasteiger partial charge in [-0.15, -0.1) is 0 Å². The minimum Gasteiger partial charge on any atom is -0.368 e. The zero-order valence-corrected chi connectivity index (χ0v) is 19.1. The normalized spacial score (nSPS) is 26.6. The van der Waals surface area contributed by atoms with Gasteiger partial charge in [-0.05, 0) is 49.7 Å². The third kappa shape index (κ3) is 4.94. The summed E-state index contributed by atoms with van der Waals surface area (Å²) in [6.45, 7) is 6.00. The van der Waals surface area contributed by atoms with E-state index in [0.717, 1.165) is 37.8 Å². The fourth-order valence-electron chi connectivity index (χ4n) is 5.60. The molecule has 0 N–H and O–H groups in total. The molecule has 0 spiro atoms. The highest BCUT2D eigenvalue weighted by molar-refractivity contribution is 5.88. The molecule has 0 unspecified atom stereocenters. The standard InChI is InChI=1S/C25H37N3O3/c1-3-25(4-2)14-22(25)24(30)27-15-21(31-18-19-10-8-9-13-26-19)16-28(23(29)17-27)20-11-6-5-7-12-20/h8-10,13,20-22H,3-7,11-12,14-18H2,1-2H3/t21-,22+/m0/s1. The number of hydrogen-bond acceptors (Lipinski definition) is 4. The van der Waals surface area contributed by atoms with E-state index in [0.29, 0.717) is 19.7 Å². The first-order chi connectivity index (χ1) is 15.1. The third-order valence-electron chi connectivity index (χ3n) is 7.89. The molecular weight excluding hydrogens is 390 g/mol. The maximum Gasteiger partial charge on any atom is 0.242 e. The molecule has 2 amide bonds. The molecule has 1 aromatic rings. The number of aromatic nitrogens is 1. The predicted octanol–water partition coefficient (Wildman–Crippen LogP) is 3.80. The van der Waals surface area contributed by atoms with Crippen LogP contribution in [0.3, 0.4) is 0 Å². The quantitative estimate of drug-likeness (QED) is 0.664. The van der Waals surface area contributed by atoms with Crippen molar-refractivity contribution in [3.05, 3.63) is 30.1 Å². The predicted molar refractivity (Wildman–Crippen MR) is 119 cm³/mol. The molecule has 6 nitrogen and oxygen atoms in total. The van der Waals surface area contributed by atoms with Gasteiger partial charge >= 0.3 is 0 Å². The SMILES string of the molecule is CCC1(CC)C[C@@H]1C(=O)N1CC(=O)N(C2CCCCC2)C[C@@H](OCc2ccccn2)C1. The number of nitrogens with zero attached hydrogens (tertiary/aromatic N) is 3. The van der Waals surface area contributed by atoms with Crippen LogP contribution in [0.1, 0.15) is 70.9 Å². The van der Waals surface area contributed by atoms with Crippen LogP contribution < -0.4 is 0 Å². The van der Waals surface area contributed by atoms with Gasteiger partial charge in [0.05, 0.1) is 24.9 Å². The number of hydrogen-bond donors (Lipinski definition) is 0. The minimum absolute atomic E-state index is 0.0629. The second-order valence-corrected chi connectivity index (χ2v) is 9.64. The van der Waals surface area contributed by atoms with Gasteiger partial charge < -0.3 is 14.5 Å². The summed E-state index contributed by atoms with van der Waals surface area (Å²) >= 11 is 0. The van der Waals surface area contributed by atoms with Gasteiger partial charge in [0, 0.05) is 31.2 Å². The zero-order chi connectivity index (χ0) is 21.8. The molecule has 2 aliphatic carbocycles. The van der Waals surface area contributed by atoms with E-state index in [9.17, 15) is 9.59 Å². The molecule has 0 aromatic carbocycles. The molecule has 6 heteroatoms. The van der Waals surface area contributed by atoms with Crippen molar-refractivity contribution in [3.8, 4) is 0 Å². The minimum atomic E-state index is -0.185. The number of rotatable bonds is 7. The van der Waals surface area contributed by atoms with Crippen molar-refractivity contribution >= 4 is 11.8 Å². The van der Waals surface area contributed by atoms with Gasteiger partial charge in [0.15, 0.2) is 0 Å². The van der Waals surface area contributed by atoms with Crippen LogP contribution in [-0.2, 0) is 20.9 Å². The van der Waals surface area contributed by atoms with Crippen LogP contribution in [0.4, 0.5) is 0 Å². The molecule has 4 rings (SSSR count). The highest BCUT2D eigenvalue weighted by Crippen LogP contribution is 2.58. The molecule has 3 fully saturated rings. The highest BCUT2D eigenvalue weighted by atomic mass is 16.5. The van der Waals surface area contributed by atoms with E-state index in [2.05, 4.69) is 18.8 Å². The number of pyridine rings is 1. The van der Waals surface area contributed by atoms with Gasteiger partial charge in [0.2, 0.25) is 11.8 Å². The summed E-state index contributed by atoms with van der Waals surface area (Å²) in [6.07, 6.45) is 10.3. The summed E-state index contributed by atoms with van der Waals surface area (Å²) in [5.74, 6) is 0.297. The summed E-state index contributed by atoms with van der Waals surface area (Å²) in [5, 5.41) is 0. The molecule has 31 heavy (non-hydrogen) atoms. The Morgan fingerprint density at radius 2 is 1.94 bits per heavy atom. The maximum absolute atomic E-state index is 13.4. The fraction of sp³-hybridized carbons (Fsp3) is 0.720. The van der Waals surface area contributed by atoms with Crippen LogP contribution in [0.15, 0.2) is 24.4 Å². The van der Waals surface area contributed by atoms with Crippen molar-refractivity contribution in [2.75, 3.05) is 19.6 Å². The molecule has 1 saturated heterocycles. The van der Waals surface area contributed by atoms with Crippen molar-refractivity contribution in [1.82, 2.24) is 14.8 Å². The van der Waals surface area contributed by atoms with Gasteiger partial charge in [0.1, 0.15) is 0 Å². The Balaban J connectivity index is 1.49. The van der Waals surface area contributed by atoms with Crippen LogP contribution in [0.2, 0.25) is 0 Å². The first kappa shape index (κ1) is 22.3. The first-order valence-corrected chi connectivity index (χ1v) is 12.2. The first-order valence-electron chi connectivity index (χ1n) is 12.2. The highest BCUT2D eigenvalue weighted by Gasteiger charge is 2.56. The Hall–Kier alpha value is -1.95. The molecule has 3 aliphatic rings. The Labute approximate surface area is 186 Å². The second-order valence-electron chi connectivity index (χ2n) is 9.64. The average Bonchev–Trinajstić information content (AvgIpc) is 3.58. The summed E-state index contributed by atoms with van der Waals surface area (Å²) in [7, 11) is 0. The van der Waals surface area contributed by atoms with Crippen molar-refractivity contribution in [1.29, 1.82) is 0 Å². The molecule has 2 saturated carbocycles. The smallest absolute Gasteiger partial charge is 0.242 e. The zero-order valence-electron chi connectivity index (χ0n) is 19.1. The Kier molecular flexibility index (Phi) is 6.95.